The summed E-state index contributed by atoms with van der Waals surface area (Å²) in [6, 6.07) is 5.84. The van der Waals surface area contributed by atoms with Gasteiger partial charge in [0, 0.05) is 3.57 Å². The van der Waals surface area contributed by atoms with Gasteiger partial charge in [-0.1, -0.05) is 30.3 Å². The maximum atomic E-state index is 5.60. The van der Waals surface area contributed by atoms with Crippen LogP contribution in [0.5, 0.6) is 0 Å². The predicted molar refractivity (Wildman–Crippen MR) is 54.6 cm³/mol. The van der Waals surface area contributed by atoms with Gasteiger partial charge in [0.05, 0.1) is 0 Å². The monoisotopic (exact) mass is 240 g/mol. The van der Waals surface area contributed by atoms with Crippen LogP contribution in [0.3, 0.4) is 0 Å². The van der Waals surface area contributed by atoms with Crippen LogP contribution in [-0.4, -0.2) is 7.85 Å². The third-order valence-electron chi connectivity index (χ3n) is 1.26. The average molecular weight is 240 g/mol. The first-order valence-corrected chi connectivity index (χ1v) is 3.99. The van der Waals surface area contributed by atoms with Crippen molar-refractivity contribution in [3.05, 3.63) is 33.9 Å². The highest BCUT2D eigenvalue weighted by atomic mass is 127. The number of rotatable bonds is 1. The molecule has 0 saturated carbocycles. The van der Waals surface area contributed by atoms with E-state index < -0.39 is 0 Å². The van der Waals surface area contributed by atoms with Crippen LogP contribution in [0.1, 0.15) is 5.56 Å². The van der Waals surface area contributed by atoms with Gasteiger partial charge < -0.3 is 0 Å². The molecule has 48 valence electrons. The quantitative estimate of drug-likeness (QED) is 0.517. The summed E-state index contributed by atoms with van der Waals surface area (Å²) in [5.41, 5.74) is 1.94. The van der Waals surface area contributed by atoms with Gasteiger partial charge >= 0.3 is 0 Å². The molecule has 0 fully saturated rings. The van der Waals surface area contributed by atoms with Crippen molar-refractivity contribution < 1.29 is 0 Å². The van der Waals surface area contributed by atoms with Crippen molar-refractivity contribution >= 4 is 42.0 Å². The molecule has 0 amide bonds. The van der Waals surface area contributed by atoms with Crippen LogP contribution < -0.4 is 5.46 Å². The second-order valence-electron chi connectivity index (χ2n) is 1.99. The van der Waals surface area contributed by atoms with Gasteiger partial charge in [0.15, 0.2) is 0 Å². The number of hydrogen-bond acceptors (Lipinski definition) is 0. The van der Waals surface area contributed by atoms with E-state index in [4.69, 9.17) is 7.85 Å². The summed E-state index contributed by atoms with van der Waals surface area (Å²) in [4.78, 5) is 0. The Hall–Kier alpha value is -0.245. The molecule has 0 bridgehead atoms. The van der Waals surface area contributed by atoms with Crippen molar-refractivity contribution in [3.8, 4) is 0 Å². The van der Waals surface area contributed by atoms with Crippen LogP contribution in [0.4, 0.5) is 0 Å². The lowest BCUT2D eigenvalue weighted by Gasteiger charge is -1.98. The van der Waals surface area contributed by atoms with Crippen LogP contribution in [0, 0.1) is 3.57 Å². The molecule has 0 N–H and O–H groups in total. The SMILES string of the molecule is [B]c1ccc(C=C)cc1I. The van der Waals surface area contributed by atoms with Crippen molar-refractivity contribution in [2.45, 2.75) is 0 Å². The number of halogens is 1. The van der Waals surface area contributed by atoms with Crippen molar-refractivity contribution in [3.63, 3.8) is 0 Å². The fraction of sp³-hybridized carbons (Fsp3) is 0. The Morgan fingerprint density at radius 2 is 2.20 bits per heavy atom. The fourth-order valence-corrected chi connectivity index (χ4v) is 1.21. The molecule has 0 nitrogen and oxygen atoms in total. The molecule has 0 aliphatic carbocycles. The van der Waals surface area contributed by atoms with E-state index in [0.717, 1.165) is 14.6 Å². The standard InChI is InChI=1S/C8H6BI/c1-2-6-3-4-7(9)8(10)5-6/h2-5H,1H2. The highest BCUT2D eigenvalue weighted by molar-refractivity contribution is 14.1. The maximum Gasteiger partial charge on any atom is 0.115 e. The molecule has 1 aromatic carbocycles. The molecular formula is C8H6BI. The molecule has 0 aliphatic heterocycles. The largest absolute Gasteiger partial charge is 0.115 e. The van der Waals surface area contributed by atoms with Crippen LogP contribution in [0.2, 0.25) is 0 Å². The first kappa shape index (κ1) is 7.86. The van der Waals surface area contributed by atoms with Crippen LogP contribution in [0.15, 0.2) is 24.8 Å². The second-order valence-corrected chi connectivity index (χ2v) is 3.15. The van der Waals surface area contributed by atoms with E-state index in [-0.39, 0.29) is 0 Å². The summed E-state index contributed by atoms with van der Waals surface area (Å²) in [6.45, 7) is 3.66. The fourth-order valence-electron chi connectivity index (χ4n) is 0.670. The van der Waals surface area contributed by atoms with Crippen molar-refractivity contribution in [1.82, 2.24) is 0 Å². The average Bonchev–Trinajstić information content (AvgIpc) is 1.95. The molecule has 2 radical (unpaired) electrons. The van der Waals surface area contributed by atoms with Gasteiger partial charge in [-0.2, -0.15) is 0 Å². The minimum atomic E-state index is 0.825. The first-order valence-electron chi connectivity index (χ1n) is 2.91. The van der Waals surface area contributed by atoms with Gasteiger partial charge in [-0.05, 0) is 34.2 Å². The third-order valence-corrected chi connectivity index (χ3v) is 2.19. The summed E-state index contributed by atoms with van der Waals surface area (Å²) >= 11 is 2.20. The molecule has 1 aromatic rings. The zero-order valence-corrected chi connectivity index (χ0v) is 7.63. The van der Waals surface area contributed by atoms with Crippen LogP contribution in [-0.2, 0) is 0 Å². The molecule has 2 heteroatoms. The van der Waals surface area contributed by atoms with Crippen LogP contribution in [0.25, 0.3) is 6.08 Å². The number of benzene rings is 1. The molecule has 0 aliphatic rings. The first-order chi connectivity index (χ1) is 4.74. The molecule has 0 aromatic heterocycles. The molecular weight excluding hydrogens is 234 g/mol. The summed E-state index contributed by atoms with van der Waals surface area (Å²) in [5, 5.41) is 0. The van der Waals surface area contributed by atoms with Gasteiger partial charge in [-0.3, -0.25) is 0 Å². The minimum absolute atomic E-state index is 0.825. The van der Waals surface area contributed by atoms with E-state index in [0.29, 0.717) is 0 Å². The maximum absolute atomic E-state index is 5.60. The second kappa shape index (κ2) is 3.24. The van der Waals surface area contributed by atoms with Gasteiger partial charge in [-0.25, -0.2) is 0 Å². The molecule has 0 atom stereocenters. The van der Waals surface area contributed by atoms with Crippen molar-refractivity contribution in [1.29, 1.82) is 0 Å². The van der Waals surface area contributed by atoms with Crippen LogP contribution >= 0.6 is 22.6 Å². The van der Waals surface area contributed by atoms with Gasteiger partial charge in [0.25, 0.3) is 0 Å². The van der Waals surface area contributed by atoms with Crippen molar-refractivity contribution in [2.75, 3.05) is 0 Å². The Labute approximate surface area is 75.9 Å². The van der Waals surface area contributed by atoms with E-state index in [1.807, 2.05) is 24.3 Å². The number of hydrogen-bond donors (Lipinski definition) is 0. The summed E-state index contributed by atoms with van der Waals surface area (Å²) in [6.07, 6.45) is 1.81. The van der Waals surface area contributed by atoms with Gasteiger partial charge in [-0.15, -0.1) is 0 Å². The third kappa shape index (κ3) is 1.63. The van der Waals surface area contributed by atoms with E-state index in [1.54, 1.807) is 0 Å². The normalized spacial score (nSPS) is 9.30. The molecule has 10 heavy (non-hydrogen) atoms. The van der Waals surface area contributed by atoms with Gasteiger partial charge in [0.1, 0.15) is 7.85 Å². The molecule has 1 rings (SSSR count). The Morgan fingerprint density at radius 1 is 1.50 bits per heavy atom. The summed E-state index contributed by atoms with van der Waals surface area (Å²) in [5.74, 6) is 0. The van der Waals surface area contributed by atoms with Gasteiger partial charge in [0.2, 0.25) is 0 Å². The van der Waals surface area contributed by atoms with E-state index >= 15 is 0 Å². The van der Waals surface area contributed by atoms with E-state index in [2.05, 4.69) is 29.2 Å². The lowest BCUT2D eigenvalue weighted by atomic mass is 9.95. The molecule has 0 spiro atoms. The highest BCUT2D eigenvalue weighted by Crippen LogP contribution is 2.05. The lowest BCUT2D eigenvalue weighted by molar-refractivity contribution is 1.66. The minimum Gasteiger partial charge on any atom is -0.0985 e. The predicted octanol–water partition coefficient (Wildman–Crippen LogP) is 1.73. The Kier molecular flexibility index (Phi) is 2.54. The Morgan fingerprint density at radius 3 is 2.70 bits per heavy atom. The zero-order chi connectivity index (χ0) is 7.56. The summed E-state index contributed by atoms with van der Waals surface area (Å²) in [7, 11) is 5.60. The highest BCUT2D eigenvalue weighted by Gasteiger charge is 1.91. The zero-order valence-electron chi connectivity index (χ0n) is 5.47. The molecule has 0 unspecified atom stereocenters. The topological polar surface area (TPSA) is 0 Å². The van der Waals surface area contributed by atoms with E-state index in [9.17, 15) is 0 Å². The van der Waals surface area contributed by atoms with E-state index in [1.165, 1.54) is 0 Å². The lowest BCUT2D eigenvalue weighted by Crippen LogP contribution is -2.05. The van der Waals surface area contributed by atoms with Crippen molar-refractivity contribution in [2.24, 2.45) is 0 Å². The summed E-state index contributed by atoms with van der Waals surface area (Å²) < 4.78 is 1.08. The Balaban J connectivity index is 3.16. The smallest absolute Gasteiger partial charge is 0.0985 e. The Bertz CT molecular complexity index is 255. The molecule has 0 saturated heterocycles. The molecule has 0 heterocycles.